The zero-order valence-corrected chi connectivity index (χ0v) is 36.0. The highest BCUT2D eigenvalue weighted by Gasteiger charge is 2.18. The Bertz CT molecular complexity index is 2480. The molecular formula is C57H44O6. The van der Waals surface area contributed by atoms with Gasteiger partial charge in [-0.2, -0.15) is 0 Å². The number of carbonyl (C=O) groups is 3. The van der Waals surface area contributed by atoms with Crippen LogP contribution in [0.2, 0.25) is 0 Å². The maximum Gasteiger partial charge on any atom is 0.385 e. The van der Waals surface area contributed by atoms with Gasteiger partial charge in [-0.15, -0.1) is 0 Å². The molecule has 0 aliphatic rings. The predicted octanol–water partition coefficient (Wildman–Crippen LogP) is 6.12. The van der Waals surface area contributed by atoms with Crippen molar-refractivity contribution in [2.45, 2.75) is 117 Å². The number of esters is 3. The Morgan fingerprint density at radius 3 is 1.05 bits per heavy atom. The normalized spacial score (nSPS) is 7.49. The highest BCUT2D eigenvalue weighted by atomic mass is 16.6. The highest BCUT2D eigenvalue weighted by molar-refractivity contribution is 5.89. The van der Waals surface area contributed by atoms with E-state index in [0.29, 0.717) is 6.42 Å². The summed E-state index contributed by atoms with van der Waals surface area (Å²) in [7, 11) is 0. The lowest BCUT2D eigenvalue weighted by Gasteiger charge is -2.16. The Hall–Kier alpha value is -8.89. The predicted molar refractivity (Wildman–Crippen MR) is 247 cm³/mol. The number of hydrogen-bond acceptors (Lipinski definition) is 6. The maximum atomic E-state index is 12.6. The van der Waals surface area contributed by atoms with Crippen LogP contribution < -0.4 is 0 Å². The van der Waals surface area contributed by atoms with Crippen molar-refractivity contribution in [1.29, 1.82) is 0 Å². The Kier molecular flexibility index (Phi) is 39.3. The van der Waals surface area contributed by atoms with Crippen molar-refractivity contribution in [3.05, 3.63) is 12.2 Å². The van der Waals surface area contributed by atoms with Gasteiger partial charge in [0.2, 0.25) is 0 Å². The zero-order valence-electron chi connectivity index (χ0n) is 36.0. The van der Waals surface area contributed by atoms with Gasteiger partial charge in [-0.25, -0.2) is 9.59 Å². The van der Waals surface area contributed by atoms with E-state index < -0.39 is 37.2 Å². The van der Waals surface area contributed by atoms with Crippen LogP contribution in [0.3, 0.4) is 0 Å². The first-order chi connectivity index (χ1) is 31.0. The molecule has 0 saturated heterocycles. The van der Waals surface area contributed by atoms with Crippen molar-refractivity contribution in [2.24, 2.45) is 0 Å². The zero-order chi connectivity index (χ0) is 45.8. The van der Waals surface area contributed by atoms with E-state index in [2.05, 4.69) is 209 Å². The number of ether oxygens (including phenoxy) is 3. The highest BCUT2D eigenvalue weighted by Crippen LogP contribution is 2.11. The molecule has 308 valence electrons. The van der Waals surface area contributed by atoms with Crippen LogP contribution in [0.5, 0.6) is 0 Å². The molecule has 0 atom stereocenters. The van der Waals surface area contributed by atoms with Gasteiger partial charge in [-0.1, -0.05) is 82.3 Å². The molecule has 6 nitrogen and oxygen atoms in total. The van der Waals surface area contributed by atoms with E-state index in [9.17, 15) is 14.4 Å². The second kappa shape index (κ2) is 45.8. The molecule has 0 rings (SSSR count). The monoisotopic (exact) mass is 824 g/mol. The van der Waals surface area contributed by atoms with E-state index in [1.54, 1.807) is 13.8 Å². The van der Waals surface area contributed by atoms with E-state index in [0.717, 1.165) is 38.5 Å². The van der Waals surface area contributed by atoms with Crippen molar-refractivity contribution in [1.82, 2.24) is 0 Å². The van der Waals surface area contributed by atoms with Crippen molar-refractivity contribution in [2.75, 3.05) is 13.2 Å². The largest absolute Gasteiger partial charge is 0.455 e. The summed E-state index contributed by atoms with van der Waals surface area (Å²) in [5.41, 5.74) is 0. The topological polar surface area (TPSA) is 78.9 Å². The SMILES string of the molecule is CC#CC#CC#CC#CC#CC#CC#CC#CC(=O)OCC(COC(=O)C#CC#CC#CC#CC#CC#CC#CC#CC)OC(=O)CCCCCCCC=CCCCCCCCC. The molecule has 0 unspecified atom stereocenters. The lowest BCUT2D eigenvalue weighted by Crippen LogP contribution is -2.30. The van der Waals surface area contributed by atoms with Gasteiger partial charge in [0.15, 0.2) is 6.10 Å². The molecule has 0 N–H and O–H groups in total. The molecule has 0 bridgehead atoms. The number of carbonyl (C=O) groups excluding carboxylic acids is 3. The van der Waals surface area contributed by atoms with E-state index in [-0.39, 0.29) is 6.42 Å². The Morgan fingerprint density at radius 2 is 0.698 bits per heavy atom. The molecule has 0 aromatic heterocycles. The fraction of sp³-hybridized carbons (Fsp3) is 0.351. The standard InChI is InChI=1S/C57H44O6/c1-4-7-10-13-16-19-22-25-28-31-34-37-40-43-46-49-55(58)61-52-54(63-57(60)51-48-45-42-39-36-33-30-27-24-21-18-15-12-9-6-3)53-62-56(59)50-47-44-41-38-35-32-29-26-23-20-17-14-11-8-5-2/h27,30,54H,6,9,12,15,18,21,24,33,36,39,42,45,48,51-53H2,1-3H3. The maximum absolute atomic E-state index is 12.6. The smallest absolute Gasteiger partial charge is 0.385 e. The lowest BCUT2D eigenvalue weighted by atomic mass is 10.1. The molecule has 0 radical (unpaired) electrons. The number of rotatable bonds is 20. The Labute approximate surface area is 376 Å². The number of unbranched alkanes of at least 4 members (excludes halogenated alkanes) is 11. The summed E-state index contributed by atoms with van der Waals surface area (Å²) in [6.45, 7) is 4.70. The molecule has 0 spiro atoms. The van der Waals surface area contributed by atoms with Crippen LogP contribution in [0.4, 0.5) is 0 Å². The second-order valence-electron chi connectivity index (χ2n) is 11.9. The summed E-state index contributed by atoms with van der Waals surface area (Å²) in [6, 6.07) is 0. The fourth-order valence-corrected chi connectivity index (χ4v) is 4.15. The third-order valence-corrected chi connectivity index (χ3v) is 6.95. The molecular weight excluding hydrogens is 781 g/mol. The van der Waals surface area contributed by atoms with Gasteiger partial charge < -0.3 is 14.2 Å². The van der Waals surface area contributed by atoms with E-state index in [1.807, 2.05) is 0 Å². The molecule has 0 heterocycles. The first kappa shape index (κ1) is 54.1. The molecule has 0 amide bonds. The Balaban J connectivity index is 5.14. The van der Waals surface area contributed by atoms with Gasteiger partial charge in [0.05, 0.1) is 0 Å². The average Bonchev–Trinajstić information content (AvgIpc) is 3.28. The first-order valence-corrected chi connectivity index (χ1v) is 20.1. The van der Waals surface area contributed by atoms with Gasteiger partial charge in [0, 0.05) is 18.3 Å². The van der Waals surface area contributed by atoms with Gasteiger partial charge in [-0.3, -0.25) is 4.79 Å². The van der Waals surface area contributed by atoms with E-state index in [4.69, 9.17) is 14.2 Å². The lowest BCUT2D eigenvalue weighted by molar-refractivity contribution is -0.163. The quantitative estimate of drug-likeness (QED) is 0.0368. The third-order valence-electron chi connectivity index (χ3n) is 6.95. The molecule has 0 aliphatic heterocycles. The van der Waals surface area contributed by atoms with Crippen molar-refractivity contribution in [3.63, 3.8) is 0 Å². The first-order valence-electron chi connectivity index (χ1n) is 20.1. The van der Waals surface area contributed by atoms with Crippen LogP contribution in [0.25, 0.3) is 0 Å². The summed E-state index contributed by atoms with van der Waals surface area (Å²) < 4.78 is 15.7. The van der Waals surface area contributed by atoms with Gasteiger partial charge in [-0.05, 0) is 212 Å². The summed E-state index contributed by atoms with van der Waals surface area (Å²) in [4.78, 5) is 37.1. The molecule has 63 heavy (non-hydrogen) atoms. The third kappa shape index (κ3) is 44.1. The fourth-order valence-electron chi connectivity index (χ4n) is 4.15. The van der Waals surface area contributed by atoms with Gasteiger partial charge in [0.1, 0.15) is 13.2 Å². The second-order valence-corrected chi connectivity index (χ2v) is 11.9. The number of allylic oxidation sites excluding steroid dienone is 2. The van der Waals surface area contributed by atoms with Crippen molar-refractivity contribution in [3.8, 4) is 189 Å². The van der Waals surface area contributed by atoms with Crippen LogP contribution in [-0.2, 0) is 28.6 Å². The average molecular weight is 825 g/mol. The minimum Gasteiger partial charge on any atom is -0.455 e. The Morgan fingerprint density at radius 1 is 0.397 bits per heavy atom. The van der Waals surface area contributed by atoms with Crippen LogP contribution in [0.1, 0.15) is 111 Å². The number of hydrogen-bond donors (Lipinski definition) is 0. The molecule has 0 saturated carbocycles. The summed E-state index contributed by atoms with van der Waals surface area (Å²) >= 11 is 0. The van der Waals surface area contributed by atoms with E-state index >= 15 is 0 Å². The van der Waals surface area contributed by atoms with Crippen LogP contribution in [0, 0.1) is 189 Å². The van der Waals surface area contributed by atoms with E-state index in [1.165, 1.54) is 38.5 Å². The van der Waals surface area contributed by atoms with Crippen LogP contribution >= 0.6 is 0 Å². The molecule has 0 fully saturated rings. The molecule has 0 aromatic rings. The minimum absolute atomic E-state index is 0.147. The van der Waals surface area contributed by atoms with Gasteiger partial charge >= 0.3 is 17.9 Å². The summed E-state index contributed by atoms with van der Waals surface area (Å²) in [6.07, 6.45) is 18.2. The molecule has 6 heteroatoms. The van der Waals surface area contributed by atoms with Crippen LogP contribution in [0.15, 0.2) is 12.2 Å². The molecule has 0 aliphatic carbocycles. The molecule has 0 aromatic carbocycles. The minimum atomic E-state index is -1.11. The van der Waals surface area contributed by atoms with Gasteiger partial charge in [0.25, 0.3) is 0 Å². The van der Waals surface area contributed by atoms with Crippen molar-refractivity contribution >= 4 is 17.9 Å². The summed E-state index contributed by atoms with van der Waals surface area (Å²) in [5, 5.41) is 0. The van der Waals surface area contributed by atoms with Crippen LogP contribution in [-0.4, -0.2) is 37.2 Å². The van der Waals surface area contributed by atoms with Crippen molar-refractivity contribution < 1.29 is 28.6 Å². The summed E-state index contributed by atoms with van der Waals surface area (Å²) in [5.74, 6) is 76.2.